The van der Waals surface area contributed by atoms with Gasteiger partial charge in [-0.05, 0) is 18.2 Å². The summed E-state index contributed by atoms with van der Waals surface area (Å²) in [4.78, 5) is 14.3. The number of rotatable bonds is 5. The summed E-state index contributed by atoms with van der Waals surface area (Å²) < 4.78 is 58.3. The molecule has 1 aromatic heterocycles. The van der Waals surface area contributed by atoms with Gasteiger partial charge >= 0.3 is 24.4 Å². The summed E-state index contributed by atoms with van der Waals surface area (Å²) in [7, 11) is 0. The van der Waals surface area contributed by atoms with Crippen LogP contribution in [0.1, 0.15) is 10.4 Å². The first kappa shape index (κ1) is 14.1. The summed E-state index contributed by atoms with van der Waals surface area (Å²) in [5.74, 6) is -5.54. The predicted octanol–water partition coefficient (Wildman–Crippen LogP) is 2.81. The average Bonchev–Trinajstić information content (AvgIpc) is 2.77. The van der Waals surface area contributed by atoms with E-state index in [4.69, 9.17) is 9.52 Å². The van der Waals surface area contributed by atoms with Crippen molar-refractivity contribution in [2.75, 3.05) is 6.61 Å². The van der Waals surface area contributed by atoms with Crippen molar-refractivity contribution in [3.63, 3.8) is 0 Å². The van der Waals surface area contributed by atoms with E-state index in [2.05, 4.69) is 9.72 Å². The van der Waals surface area contributed by atoms with E-state index in [-0.39, 0.29) is 16.7 Å². The number of carboxylic acid groups (broad SMARTS) is 1. The average molecular weight is 293 g/mol. The largest absolute Gasteiger partial charge is 0.478 e. The van der Waals surface area contributed by atoms with Crippen molar-refractivity contribution in [1.82, 2.24) is 4.98 Å². The van der Waals surface area contributed by atoms with Gasteiger partial charge in [0.25, 0.3) is 0 Å². The van der Waals surface area contributed by atoms with Crippen LogP contribution in [-0.2, 0) is 0 Å². The zero-order valence-electron chi connectivity index (χ0n) is 9.65. The van der Waals surface area contributed by atoms with Crippen LogP contribution in [0, 0.1) is 0 Å². The number of hydrogen-bond acceptors (Lipinski definition) is 4. The third-order valence-electron chi connectivity index (χ3n) is 2.32. The zero-order chi connectivity index (χ0) is 14.9. The Morgan fingerprint density at radius 2 is 2.15 bits per heavy atom. The fourth-order valence-corrected chi connectivity index (χ4v) is 1.32. The first-order valence-electron chi connectivity index (χ1n) is 5.22. The molecule has 1 aromatic carbocycles. The van der Waals surface area contributed by atoms with Gasteiger partial charge in [-0.25, -0.2) is 13.6 Å². The maximum absolute atomic E-state index is 12.6. The van der Waals surface area contributed by atoms with Gasteiger partial charge in [0.2, 0.25) is 0 Å². The molecule has 0 fully saturated rings. The molecule has 1 N–H and O–H groups in total. The number of nitrogens with zero attached hydrogens (tertiary/aromatic N) is 1. The number of carboxylic acids is 1. The van der Waals surface area contributed by atoms with Crippen LogP contribution in [0.2, 0.25) is 0 Å². The third kappa shape index (κ3) is 2.81. The molecule has 0 aliphatic heterocycles. The fraction of sp³-hybridized carbons (Fsp3) is 0.273. The Balaban J connectivity index is 2.18. The second-order valence-electron chi connectivity index (χ2n) is 3.82. The third-order valence-corrected chi connectivity index (χ3v) is 2.32. The minimum atomic E-state index is -4.33. The highest BCUT2D eigenvalue weighted by Crippen LogP contribution is 2.26. The lowest BCUT2D eigenvalue weighted by atomic mass is 10.2. The van der Waals surface area contributed by atoms with Gasteiger partial charge in [-0.1, -0.05) is 0 Å². The van der Waals surface area contributed by atoms with Crippen molar-refractivity contribution < 1.29 is 36.6 Å². The number of benzene rings is 1. The van der Waals surface area contributed by atoms with E-state index in [1.165, 1.54) is 12.1 Å². The van der Waals surface area contributed by atoms with E-state index in [1.807, 2.05) is 0 Å². The smallest absolute Gasteiger partial charge is 0.394 e. The normalized spacial score (nSPS) is 12.1. The van der Waals surface area contributed by atoms with Gasteiger partial charge in [0, 0.05) is 0 Å². The first-order valence-corrected chi connectivity index (χ1v) is 5.22. The molecule has 0 amide bonds. The molecule has 9 heteroatoms. The lowest BCUT2D eigenvalue weighted by molar-refractivity contribution is -0.151. The minimum Gasteiger partial charge on any atom is -0.478 e. The van der Waals surface area contributed by atoms with Gasteiger partial charge in [0.05, 0.1) is 5.56 Å². The first-order chi connectivity index (χ1) is 9.29. The number of hydrogen-bond donors (Lipinski definition) is 1. The zero-order valence-corrected chi connectivity index (χ0v) is 9.65. The van der Waals surface area contributed by atoms with Crippen LogP contribution >= 0.6 is 0 Å². The molecular formula is C11H7F4NO4. The Bertz CT molecular complexity index is 640. The fourth-order valence-electron chi connectivity index (χ4n) is 1.32. The second-order valence-corrected chi connectivity index (χ2v) is 3.82. The van der Waals surface area contributed by atoms with E-state index in [0.29, 0.717) is 0 Å². The molecule has 2 aromatic rings. The molecule has 0 saturated heterocycles. The number of alkyl halides is 4. The van der Waals surface area contributed by atoms with Crippen molar-refractivity contribution in [3.05, 3.63) is 23.8 Å². The van der Waals surface area contributed by atoms with Crippen molar-refractivity contribution in [1.29, 1.82) is 0 Å². The highest BCUT2D eigenvalue weighted by atomic mass is 19.3. The summed E-state index contributed by atoms with van der Waals surface area (Å²) >= 11 is 0. The molecule has 108 valence electrons. The molecule has 5 nitrogen and oxygen atoms in total. The van der Waals surface area contributed by atoms with Crippen LogP contribution in [0.15, 0.2) is 22.6 Å². The van der Waals surface area contributed by atoms with Crippen LogP contribution in [-0.4, -0.2) is 35.0 Å². The monoisotopic (exact) mass is 293 g/mol. The molecule has 0 unspecified atom stereocenters. The van der Waals surface area contributed by atoms with Gasteiger partial charge < -0.3 is 14.3 Å². The molecule has 1 heterocycles. The summed E-state index contributed by atoms with van der Waals surface area (Å²) in [6.07, 6.45) is -4.51. The molecule has 0 aliphatic rings. The Hall–Kier alpha value is -2.32. The summed E-state index contributed by atoms with van der Waals surface area (Å²) in [6, 6.07) is 3.62. The molecular weight excluding hydrogens is 286 g/mol. The number of aromatic carboxylic acids is 1. The Morgan fingerprint density at radius 3 is 2.75 bits per heavy atom. The van der Waals surface area contributed by atoms with Crippen LogP contribution < -0.4 is 4.74 Å². The topological polar surface area (TPSA) is 72.6 Å². The number of halogens is 4. The molecule has 2 rings (SSSR count). The second kappa shape index (κ2) is 4.99. The predicted molar refractivity (Wildman–Crippen MR) is 57.4 cm³/mol. The van der Waals surface area contributed by atoms with E-state index in [9.17, 15) is 22.4 Å². The number of aromatic nitrogens is 1. The van der Waals surface area contributed by atoms with E-state index >= 15 is 0 Å². The highest BCUT2D eigenvalue weighted by Gasteiger charge is 2.42. The van der Waals surface area contributed by atoms with Gasteiger partial charge in [0.15, 0.2) is 12.2 Å². The van der Waals surface area contributed by atoms with E-state index < -0.39 is 31.0 Å². The van der Waals surface area contributed by atoms with Gasteiger partial charge in [-0.2, -0.15) is 13.8 Å². The number of oxazole rings is 1. The minimum absolute atomic E-state index is 0.0136. The Kier molecular flexibility index (Phi) is 3.51. The van der Waals surface area contributed by atoms with Crippen LogP contribution in [0.25, 0.3) is 11.1 Å². The van der Waals surface area contributed by atoms with Gasteiger partial charge in [-0.3, -0.25) is 0 Å². The van der Waals surface area contributed by atoms with Crippen molar-refractivity contribution in [2.24, 2.45) is 0 Å². The Labute approximate surface area is 108 Å². The molecule has 0 aliphatic carbocycles. The Morgan fingerprint density at radius 1 is 1.45 bits per heavy atom. The lowest BCUT2D eigenvalue weighted by Crippen LogP contribution is -2.33. The van der Waals surface area contributed by atoms with Crippen molar-refractivity contribution >= 4 is 17.1 Å². The van der Waals surface area contributed by atoms with Crippen molar-refractivity contribution in [3.8, 4) is 6.08 Å². The molecule has 0 radical (unpaired) electrons. The maximum atomic E-state index is 12.6. The van der Waals surface area contributed by atoms with Crippen LogP contribution in [0.4, 0.5) is 17.6 Å². The lowest BCUT2D eigenvalue weighted by Gasteiger charge is -2.13. The molecule has 20 heavy (non-hydrogen) atoms. The van der Waals surface area contributed by atoms with E-state index in [1.54, 1.807) is 0 Å². The van der Waals surface area contributed by atoms with E-state index in [0.717, 1.165) is 6.07 Å². The SMILES string of the molecule is O=C(O)c1ccc2nc(OCC(F)(F)C(F)F)oc2c1. The summed E-state index contributed by atoms with van der Waals surface area (Å²) in [5, 5.41) is 8.75. The number of ether oxygens (including phenoxy) is 1. The summed E-state index contributed by atoms with van der Waals surface area (Å²) in [6.45, 7) is -1.59. The van der Waals surface area contributed by atoms with Crippen LogP contribution in [0.5, 0.6) is 6.08 Å². The van der Waals surface area contributed by atoms with Crippen LogP contribution in [0.3, 0.4) is 0 Å². The molecule has 0 saturated carbocycles. The molecule has 0 spiro atoms. The van der Waals surface area contributed by atoms with Crippen molar-refractivity contribution in [2.45, 2.75) is 12.3 Å². The molecule has 0 atom stereocenters. The maximum Gasteiger partial charge on any atom is 0.394 e. The quantitative estimate of drug-likeness (QED) is 0.858. The number of fused-ring (bicyclic) bond motifs is 1. The van der Waals surface area contributed by atoms with Gasteiger partial charge in [0.1, 0.15) is 5.52 Å². The van der Waals surface area contributed by atoms with Gasteiger partial charge in [-0.15, -0.1) is 0 Å². The molecule has 0 bridgehead atoms. The standard InChI is InChI=1S/C11H7F4NO4/c12-9(13)11(14,15)4-19-10-16-6-2-1-5(8(17)18)3-7(6)20-10/h1-3,9H,4H2,(H,17,18). The highest BCUT2D eigenvalue weighted by molar-refractivity contribution is 5.91. The number of carbonyl (C=O) groups is 1. The summed E-state index contributed by atoms with van der Waals surface area (Å²) in [5.41, 5.74) is 0.0451.